The van der Waals surface area contributed by atoms with Gasteiger partial charge in [0.15, 0.2) is 0 Å². The highest BCUT2D eigenvalue weighted by molar-refractivity contribution is 5.77. The third kappa shape index (κ3) is 5.17. The molecule has 1 aliphatic carbocycles. The number of carbonyl (C=O) groups excluding carboxylic acids is 1. The van der Waals surface area contributed by atoms with Gasteiger partial charge in [0.05, 0.1) is 5.92 Å². The molecule has 3 heteroatoms. The summed E-state index contributed by atoms with van der Waals surface area (Å²) in [5.74, 6) is -0.432. The van der Waals surface area contributed by atoms with Crippen molar-refractivity contribution in [2.75, 3.05) is 0 Å². The van der Waals surface area contributed by atoms with Crippen LogP contribution in [0.1, 0.15) is 27.8 Å². The molecule has 1 aliphatic rings. The van der Waals surface area contributed by atoms with Crippen LogP contribution in [0.2, 0.25) is 0 Å². The van der Waals surface area contributed by atoms with E-state index in [1.807, 2.05) is 36.4 Å². The quantitative estimate of drug-likeness (QED) is 0.756. The fourth-order valence-corrected chi connectivity index (χ4v) is 3.12. The Hall–Kier alpha value is -2.65. The number of allylic oxidation sites excluding steroid dienone is 2. The second-order valence-electron chi connectivity index (χ2n) is 6.82. The summed E-state index contributed by atoms with van der Waals surface area (Å²) in [4.78, 5) is 11.9. The molecule has 0 radical (unpaired) electrons. The van der Waals surface area contributed by atoms with Gasteiger partial charge in [-0.1, -0.05) is 77.9 Å². The first-order valence-corrected chi connectivity index (χ1v) is 8.97. The summed E-state index contributed by atoms with van der Waals surface area (Å²) >= 11 is 0. The Morgan fingerprint density at radius 3 is 2.12 bits per heavy atom. The Bertz CT molecular complexity index is 786. The summed E-state index contributed by atoms with van der Waals surface area (Å²) in [5.41, 5.74) is 6.11. The Kier molecular flexibility index (Phi) is 6.03. The zero-order valence-corrected chi connectivity index (χ0v) is 15.4. The van der Waals surface area contributed by atoms with Crippen LogP contribution in [0, 0.1) is 19.8 Å². The van der Waals surface area contributed by atoms with E-state index in [0.717, 1.165) is 18.7 Å². The van der Waals surface area contributed by atoms with E-state index in [9.17, 15) is 4.79 Å². The van der Waals surface area contributed by atoms with Crippen LogP contribution in [-0.2, 0) is 29.2 Å². The number of ether oxygens (including phenoxy) is 1. The van der Waals surface area contributed by atoms with Crippen molar-refractivity contribution in [3.63, 3.8) is 0 Å². The van der Waals surface area contributed by atoms with Crippen LogP contribution >= 0.6 is 0 Å². The monoisotopic (exact) mass is 347 g/mol. The Morgan fingerprint density at radius 2 is 1.46 bits per heavy atom. The molecule has 1 N–H and O–H groups in total. The third-order valence-electron chi connectivity index (χ3n) is 4.36. The number of benzene rings is 2. The van der Waals surface area contributed by atoms with Crippen molar-refractivity contribution in [1.82, 2.24) is 5.32 Å². The van der Waals surface area contributed by atoms with Gasteiger partial charge in [-0.05, 0) is 30.5 Å². The van der Waals surface area contributed by atoms with Crippen molar-refractivity contribution in [3.8, 4) is 0 Å². The van der Waals surface area contributed by atoms with Gasteiger partial charge in [-0.15, -0.1) is 0 Å². The fraction of sp³-hybridized carbons (Fsp3) is 0.261. The largest absolute Gasteiger partial charge is 0.460 e. The van der Waals surface area contributed by atoms with E-state index in [-0.39, 0.29) is 11.9 Å². The molecule has 26 heavy (non-hydrogen) atoms. The number of nitrogens with one attached hydrogen (secondary N) is 1. The van der Waals surface area contributed by atoms with E-state index >= 15 is 0 Å². The average molecular weight is 347 g/mol. The van der Waals surface area contributed by atoms with Gasteiger partial charge in [-0.2, -0.15) is 0 Å². The van der Waals surface area contributed by atoms with E-state index < -0.39 is 0 Å². The Morgan fingerprint density at radius 1 is 0.885 bits per heavy atom. The maximum atomic E-state index is 11.9. The molecule has 0 unspecified atom stereocenters. The first-order chi connectivity index (χ1) is 12.6. The molecule has 3 rings (SSSR count). The zero-order valence-electron chi connectivity index (χ0n) is 15.4. The second-order valence-corrected chi connectivity index (χ2v) is 6.82. The van der Waals surface area contributed by atoms with E-state index in [0.29, 0.717) is 6.61 Å². The van der Waals surface area contributed by atoms with Gasteiger partial charge in [0.25, 0.3) is 0 Å². The van der Waals surface area contributed by atoms with E-state index in [1.165, 1.54) is 22.3 Å². The fourth-order valence-electron chi connectivity index (χ4n) is 3.12. The lowest BCUT2D eigenvalue weighted by molar-refractivity contribution is -0.146. The number of esters is 1. The minimum Gasteiger partial charge on any atom is -0.460 e. The SMILES string of the molecule is Cc1cc(C)cc(CNCc2ccc(COC(=O)C3C=CC=C3)cc2)c1. The smallest absolute Gasteiger partial charge is 0.317 e. The van der Waals surface area contributed by atoms with Gasteiger partial charge in [0, 0.05) is 13.1 Å². The first kappa shape index (κ1) is 18.2. The first-order valence-electron chi connectivity index (χ1n) is 8.97. The van der Waals surface area contributed by atoms with E-state index in [1.54, 1.807) is 0 Å². The molecule has 0 amide bonds. The summed E-state index contributed by atoms with van der Waals surface area (Å²) < 4.78 is 5.36. The zero-order chi connectivity index (χ0) is 18.4. The summed E-state index contributed by atoms with van der Waals surface area (Å²) in [6.45, 7) is 6.23. The highest BCUT2D eigenvalue weighted by atomic mass is 16.5. The summed E-state index contributed by atoms with van der Waals surface area (Å²) in [7, 11) is 0. The van der Waals surface area contributed by atoms with Crippen molar-refractivity contribution in [1.29, 1.82) is 0 Å². The van der Waals surface area contributed by atoms with Gasteiger partial charge >= 0.3 is 5.97 Å². The minimum absolute atomic E-state index is 0.200. The minimum atomic E-state index is -0.233. The van der Waals surface area contributed by atoms with Crippen molar-refractivity contribution >= 4 is 5.97 Å². The molecule has 0 saturated heterocycles. The van der Waals surface area contributed by atoms with Gasteiger partial charge in [-0.3, -0.25) is 4.79 Å². The lowest BCUT2D eigenvalue weighted by Gasteiger charge is -2.09. The molecule has 2 aromatic carbocycles. The van der Waals surface area contributed by atoms with Gasteiger partial charge in [-0.25, -0.2) is 0 Å². The molecule has 0 fully saturated rings. The van der Waals surface area contributed by atoms with Gasteiger partial charge in [0.1, 0.15) is 6.61 Å². The van der Waals surface area contributed by atoms with Crippen molar-refractivity contribution in [2.24, 2.45) is 5.92 Å². The predicted octanol–water partition coefficient (Wildman–Crippen LogP) is 4.38. The maximum absolute atomic E-state index is 11.9. The van der Waals surface area contributed by atoms with Gasteiger partial charge in [0.2, 0.25) is 0 Å². The highest BCUT2D eigenvalue weighted by Crippen LogP contribution is 2.13. The van der Waals surface area contributed by atoms with E-state index in [4.69, 9.17) is 4.74 Å². The van der Waals surface area contributed by atoms with Crippen molar-refractivity contribution in [2.45, 2.75) is 33.5 Å². The highest BCUT2D eigenvalue weighted by Gasteiger charge is 2.15. The van der Waals surface area contributed by atoms with Crippen LogP contribution in [-0.4, -0.2) is 5.97 Å². The summed E-state index contributed by atoms with van der Waals surface area (Å²) in [6, 6.07) is 14.8. The topological polar surface area (TPSA) is 38.3 Å². The summed E-state index contributed by atoms with van der Waals surface area (Å²) in [6.07, 6.45) is 7.41. The number of aryl methyl sites for hydroxylation is 2. The van der Waals surface area contributed by atoms with Crippen LogP contribution in [0.3, 0.4) is 0 Å². The van der Waals surface area contributed by atoms with Crippen LogP contribution in [0.5, 0.6) is 0 Å². The molecule has 0 bridgehead atoms. The van der Waals surface area contributed by atoms with Crippen LogP contribution in [0.4, 0.5) is 0 Å². The predicted molar refractivity (Wildman–Crippen MR) is 104 cm³/mol. The standard InChI is InChI=1S/C23H25NO2/c1-17-11-18(2)13-21(12-17)15-24-14-19-7-9-20(10-8-19)16-26-23(25)22-5-3-4-6-22/h3-13,22,24H,14-16H2,1-2H3. The second kappa shape index (κ2) is 8.63. The molecule has 0 spiro atoms. The van der Waals surface area contributed by atoms with Crippen molar-refractivity contribution in [3.05, 3.63) is 94.6 Å². The third-order valence-corrected chi connectivity index (χ3v) is 4.36. The molecule has 0 atom stereocenters. The number of hydrogen-bond acceptors (Lipinski definition) is 3. The number of carbonyl (C=O) groups is 1. The number of rotatable bonds is 7. The van der Waals surface area contributed by atoms with E-state index in [2.05, 4.69) is 49.5 Å². The molecule has 0 aromatic heterocycles. The Balaban J connectivity index is 1.44. The maximum Gasteiger partial charge on any atom is 0.317 e. The van der Waals surface area contributed by atoms with Crippen LogP contribution in [0.25, 0.3) is 0 Å². The molecule has 134 valence electrons. The normalized spacial score (nSPS) is 13.3. The molecule has 0 saturated carbocycles. The molecule has 3 nitrogen and oxygen atoms in total. The van der Waals surface area contributed by atoms with Crippen LogP contribution in [0.15, 0.2) is 66.8 Å². The number of hydrogen-bond donors (Lipinski definition) is 1. The average Bonchev–Trinajstić information content (AvgIpc) is 3.15. The molecular weight excluding hydrogens is 322 g/mol. The summed E-state index contributed by atoms with van der Waals surface area (Å²) in [5, 5.41) is 3.48. The lowest BCUT2D eigenvalue weighted by Crippen LogP contribution is -2.13. The van der Waals surface area contributed by atoms with Crippen LogP contribution < -0.4 is 5.32 Å². The van der Waals surface area contributed by atoms with Gasteiger partial charge < -0.3 is 10.1 Å². The molecule has 0 aliphatic heterocycles. The van der Waals surface area contributed by atoms with Crippen molar-refractivity contribution < 1.29 is 9.53 Å². The molecule has 2 aromatic rings. The Labute approximate surface area is 155 Å². The molecular formula is C23H25NO2. The lowest BCUT2D eigenvalue weighted by atomic mass is 10.1. The molecule has 0 heterocycles.